The van der Waals surface area contributed by atoms with Crippen LogP contribution in [0.4, 0.5) is 18.0 Å². The van der Waals surface area contributed by atoms with Crippen LogP contribution in [0.2, 0.25) is 0 Å². The van der Waals surface area contributed by atoms with Crippen molar-refractivity contribution >= 4 is 12.1 Å². The summed E-state index contributed by atoms with van der Waals surface area (Å²) in [6.45, 7) is 2.64. The number of aliphatic carboxylic acids is 1. The van der Waals surface area contributed by atoms with Gasteiger partial charge in [-0.25, -0.2) is 9.59 Å². The molecular weight excluding hydrogens is 479 g/mol. The Morgan fingerprint density at radius 1 is 1.11 bits per heavy atom. The maximum Gasteiger partial charge on any atom is 0.419 e. The summed E-state index contributed by atoms with van der Waals surface area (Å²) in [5.41, 5.74) is -0.241. The minimum atomic E-state index is -4.64. The van der Waals surface area contributed by atoms with E-state index in [9.17, 15) is 27.9 Å². The van der Waals surface area contributed by atoms with Crippen molar-refractivity contribution in [1.29, 1.82) is 0 Å². The molecule has 36 heavy (non-hydrogen) atoms. The van der Waals surface area contributed by atoms with E-state index in [1.165, 1.54) is 17.0 Å². The second-order valence-electron chi connectivity index (χ2n) is 8.58. The minimum Gasteiger partial charge on any atom is -0.492 e. The van der Waals surface area contributed by atoms with Crippen LogP contribution in [-0.2, 0) is 22.1 Å². The number of rotatable bonds is 12. The Morgan fingerprint density at radius 3 is 2.39 bits per heavy atom. The number of hydrogen-bond donors (Lipinski definition) is 1. The van der Waals surface area contributed by atoms with E-state index in [0.29, 0.717) is 18.9 Å². The molecule has 7 nitrogen and oxygen atoms in total. The predicted molar refractivity (Wildman–Crippen MR) is 125 cm³/mol. The van der Waals surface area contributed by atoms with Gasteiger partial charge in [0.15, 0.2) is 6.10 Å². The molecule has 10 heteroatoms. The van der Waals surface area contributed by atoms with E-state index in [2.05, 4.69) is 0 Å². The monoisotopic (exact) mass is 509 g/mol. The molecule has 1 saturated carbocycles. The van der Waals surface area contributed by atoms with Crippen molar-refractivity contribution in [3.63, 3.8) is 0 Å². The lowest BCUT2D eigenvalue weighted by molar-refractivity contribution is -0.150. The van der Waals surface area contributed by atoms with Gasteiger partial charge in [0, 0.05) is 19.6 Å². The molecule has 196 valence electrons. The molecule has 2 aromatic carbocycles. The van der Waals surface area contributed by atoms with Crippen molar-refractivity contribution in [2.75, 3.05) is 26.3 Å². The van der Waals surface area contributed by atoms with Crippen LogP contribution in [0.3, 0.4) is 0 Å². The molecule has 0 aliphatic heterocycles. The zero-order chi connectivity index (χ0) is 26.1. The zero-order valence-electron chi connectivity index (χ0n) is 20.0. The standard InChI is InChI=1S/C26H30F3NO6/c1-2-34-23(24(31)32)16-18-10-12-20(13-11-18)35-15-14-30(17-19-6-5-7-19)25(33)36-22-9-4-3-8-21(22)26(27,28)29/h3-4,8-13,19,23H,2,5-7,14-17H2,1H3,(H,31,32). The lowest BCUT2D eigenvalue weighted by atomic mass is 9.85. The minimum absolute atomic E-state index is 0.110. The maximum atomic E-state index is 13.3. The summed E-state index contributed by atoms with van der Waals surface area (Å²) in [6.07, 6.45) is -3.26. The van der Waals surface area contributed by atoms with Gasteiger partial charge in [-0.05, 0) is 55.5 Å². The number of alkyl halides is 3. The molecule has 0 bridgehead atoms. The molecule has 1 unspecified atom stereocenters. The number of ether oxygens (including phenoxy) is 3. The topological polar surface area (TPSA) is 85.3 Å². The van der Waals surface area contributed by atoms with E-state index < -0.39 is 35.7 Å². The molecule has 1 N–H and O–H groups in total. The Morgan fingerprint density at radius 2 is 1.81 bits per heavy atom. The molecule has 0 radical (unpaired) electrons. The van der Waals surface area contributed by atoms with Gasteiger partial charge >= 0.3 is 18.2 Å². The number of carbonyl (C=O) groups excluding carboxylic acids is 1. The first kappa shape index (κ1) is 27.3. The van der Waals surface area contributed by atoms with E-state index >= 15 is 0 Å². The Labute approximate surface area is 207 Å². The van der Waals surface area contributed by atoms with Gasteiger partial charge in [0.05, 0.1) is 12.1 Å². The first-order valence-corrected chi connectivity index (χ1v) is 11.9. The van der Waals surface area contributed by atoms with Crippen molar-refractivity contribution in [3.8, 4) is 11.5 Å². The van der Waals surface area contributed by atoms with Crippen LogP contribution in [0.25, 0.3) is 0 Å². The highest BCUT2D eigenvalue weighted by molar-refractivity contribution is 5.73. The average molecular weight is 510 g/mol. The van der Waals surface area contributed by atoms with Gasteiger partial charge in [0.2, 0.25) is 0 Å². The molecule has 2 aromatic rings. The van der Waals surface area contributed by atoms with Gasteiger partial charge in [-0.2, -0.15) is 13.2 Å². The fraction of sp³-hybridized carbons (Fsp3) is 0.462. The van der Waals surface area contributed by atoms with Gasteiger partial charge in [0.1, 0.15) is 18.1 Å². The van der Waals surface area contributed by atoms with E-state index in [4.69, 9.17) is 14.2 Å². The second kappa shape index (κ2) is 12.6. The zero-order valence-corrected chi connectivity index (χ0v) is 20.0. The van der Waals surface area contributed by atoms with Crippen molar-refractivity contribution in [2.45, 2.75) is 44.9 Å². The Balaban J connectivity index is 1.58. The van der Waals surface area contributed by atoms with Crippen LogP contribution in [0.5, 0.6) is 11.5 Å². The van der Waals surface area contributed by atoms with Crippen molar-refractivity contribution in [1.82, 2.24) is 4.90 Å². The van der Waals surface area contributed by atoms with Gasteiger partial charge in [-0.15, -0.1) is 0 Å². The molecule has 1 fully saturated rings. The fourth-order valence-corrected chi connectivity index (χ4v) is 3.82. The summed E-state index contributed by atoms with van der Waals surface area (Å²) in [7, 11) is 0. The van der Waals surface area contributed by atoms with E-state index in [1.54, 1.807) is 31.2 Å². The molecule has 0 spiro atoms. The van der Waals surface area contributed by atoms with Crippen molar-refractivity contribution in [2.24, 2.45) is 5.92 Å². The quantitative estimate of drug-likeness (QED) is 0.412. The molecule has 0 aromatic heterocycles. The number of carboxylic acid groups (broad SMARTS) is 1. The van der Waals surface area contributed by atoms with Gasteiger partial charge in [0.25, 0.3) is 0 Å². The lowest BCUT2D eigenvalue weighted by Gasteiger charge is -2.32. The van der Waals surface area contributed by atoms with Crippen molar-refractivity contribution in [3.05, 3.63) is 59.7 Å². The third kappa shape index (κ3) is 7.87. The number of nitrogens with zero attached hydrogens (tertiary/aromatic N) is 1. The number of carboxylic acids is 1. The average Bonchev–Trinajstić information content (AvgIpc) is 2.80. The smallest absolute Gasteiger partial charge is 0.419 e. The summed E-state index contributed by atoms with van der Waals surface area (Å²) in [5.74, 6) is -0.770. The van der Waals surface area contributed by atoms with E-state index in [0.717, 1.165) is 37.0 Å². The van der Waals surface area contributed by atoms with Crippen molar-refractivity contribution < 1.29 is 42.1 Å². The van der Waals surface area contributed by atoms with Crippen LogP contribution in [0, 0.1) is 5.92 Å². The number of halogens is 3. The van der Waals surface area contributed by atoms with Crippen LogP contribution in [-0.4, -0.2) is 54.5 Å². The predicted octanol–water partition coefficient (Wildman–Crippen LogP) is 5.42. The van der Waals surface area contributed by atoms with Gasteiger partial charge in [-0.3, -0.25) is 0 Å². The lowest BCUT2D eigenvalue weighted by Crippen LogP contribution is -2.41. The number of hydrogen-bond acceptors (Lipinski definition) is 5. The molecule has 1 aliphatic carbocycles. The number of para-hydroxylation sites is 1. The number of benzene rings is 2. The summed E-state index contributed by atoms with van der Waals surface area (Å²) >= 11 is 0. The Kier molecular flexibility index (Phi) is 9.58. The first-order valence-electron chi connectivity index (χ1n) is 11.9. The highest BCUT2D eigenvalue weighted by Gasteiger charge is 2.35. The summed E-state index contributed by atoms with van der Waals surface area (Å²) in [5, 5.41) is 9.22. The van der Waals surface area contributed by atoms with E-state index in [-0.39, 0.29) is 25.5 Å². The number of carbonyl (C=O) groups is 2. The van der Waals surface area contributed by atoms with Crippen LogP contribution < -0.4 is 9.47 Å². The van der Waals surface area contributed by atoms with Crippen LogP contribution in [0.15, 0.2) is 48.5 Å². The fourth-order valence-electron chi connectivity index (χ4n) is 3.82. The van der Waals surface area contributed by atoms with Gasteiger partial charge < -0.3 is 24.2 Å². The number of amides is 1. The maximum absolute atomic E-state index is 13.3. The summed E-state index contributed by atoms with van der Waals surface area (Å²) in [6, 6.07) is 11.5. The molecule has 0 heterocycles. The molecule has 1 amide bonds. The largest absolute Gasteiger partial charge is 0.492 e. The van der Waals surface area contributed by atoms with Gasteiger partial charge in [-0.1, -0.05) is 30.7 Å². The van der Waals surface area contributed by atoms with E-state index in [1.807, 2.05) is 0 Å². The third-order valence-electron chi connectivity index (χ3n) is 5.97. The van der Waals surface area contributed by atoms with Crippen LogP contribution in [0.1, 0.15) is 37.3 Å². The SMILES string of the molecule is CCOC(Cc1ccc(OCCN(CC2CCC2)C(=O)Oc2ccccc2C(F)(F)F)cc1)C(=O)O. The first-order chi connectivity index (χ1) is 17.2. The molecular formula is C26H30F3NO6. The Hall–Kier alpha value is -3.27. The molecule has 3 rings (SSSR count). The van der Waals surface area contributed by atoms with Crippen LogP contribution >= 0.6 is 0 Å². The Bertz CT molecular complexity index is 1010. The summed E-state index contributed by atoms with van der Waals surface area (Å²) < 4.78 is 55.9. The second-order valence-corrected chi connectivity index (χ2v) is 8.58. The highest BCUT2D eigenvalue weighted by atomic mass is 19.4. The molecule has 1 aliphatic rings. The highest BCUT2D eigenvalue weighted by Crippen LogP contribution is 2.36. The molecule has 1 atom stereocenters. The summed E-state index contributed by atoms with van der Waals surface area (Å²) in [4.78, 5) is 25.4. The third-order valence-corrected chi connectivity index (χ3v) is 5.97. The normalized spacial score (nSPS) is 14.6. The molecule has 0 saturated heterocycles.